The van der Waals surface area contributed by atoms with Gasteiger partial charge in [-0.3, -0.25) is 0 Å². The number of hydrogen-bond acceptors (Lipinski definition) is 15. The molecule has 0 spiro atoms. The highest BCUT2D eigenvalue weighted by atomic mass is 28.3. The van der Waals surface area contributed by atoms with Gasteiger partial charge in [-0.2, -0.15) is 0 Å². The fourth-order valence-corrected chi connectivity index (χ4v) is 5.39. The molecule has 0 unspecified atom stereocenters. The van der Waals surface area contributed by atoms with Crippen molar-refractivity contribution in [2.75, 3.05) is 26.4 Å². The molecule has 0 amide bonds. The van der Waals surface area contributed by atoms with Gasteiger partial charge in [0.1, 0.15) is 61.0 Å². The van der Waals surface area contributed by atoms with Crippen LogP contribution in [0.15, 0.2) is 0 Å². The lowest BCUT2D eigenvalue weighted by Crippen LogP contribution is -2.65. The first-order valence-electron chi connectivity index (χ1n) is 13.1. The van der Waals surface area contributed by atoms with Crippen molar-refractivity contribution in [1.82, 2.24) is 0 Å². The summed E-state index contributed by atoms with van der Waals surface area (Å²) in [5.74, 6) is 0. The van der Waals surface area contributed by atoms with Crippen LogP contribution in [0.4, 0.5) is 0 Å². The first kappa shape index (κ1) is 33.1. The Morgan fingerprint density at radius 2 is 1.15 bits per heavy atom. The predicted molar refractivity (Wildman–Crippen MR) is 132 cm³/mol. The van der Waals surface area contributed by atoms with Crippen molar-refractivity contribution in [1.29, 1.82) is 0 Å². The molecule has 3 rings (SSSR count). The highest BCUT2D eigenvalue weighted by Gasteiger charge is 2.52. The third kappa shape index (κ3) is 8.13. The second kappa shape index (κ2) is 14.2. The Hall–Kier alpha value is -0.383. The molecule has 230 valence electrons. The zero-order valence-electron chi connectivity index (χ0n) is 22.3. The van der Waals surface area contributed by atoms with Crippen LogP contribution in [0, 0.1) is 0 Å². The summed E-state index contributed by atoms with van der Waals surface area (Å²) < 4.78 is 33.6. The fourth-order valence-electron chi connectivity index (χ4n) is 4.66. The highest BCUT2D eigenvalue weighted by Crippen LogP contribution is 2.32. The van der Waals surface area contributed by atoms with Gasteiger partial charge in [0, 0.05) is 21.1 Å². The lowest BCUT2D eigenvalue weighted by molar-refractivity contribution is -0.373. The van der Waals surface area contributed by atoms with Crippen molar-refractivity contribution in [3.8, 4) is 0 Å². The molecular weight excluding hydrogens is 544 g/mol. The van der Waals surface area contributed by atoms with Crippen LogP contribution in [0.25, 0.3) is 0 Å². The van der Waals surface area contributed by atoms with E-state index in [-0.39, 0.29) is 6.42 Å². The van der Waals surface area contributed by atoms with E-state index < -0.39 is 114 Å². The first-order valence-corrected chi connectivity index (χ1v) is 16.8. The number of rotatable bonds is 11. The van der Waals surface area contributed by atoms with Gasteiger partial charge in [0.15, 0.2) is 18.9 Å². The van der Waals surface area contributed by atoms with Gasteiger partial charge in [-0.25, -0.2) is 0 Å². The van der Waals surface area contributed by atoms with Crippen LogP contribution in [0.2, 0.25) is 25.7 Å². The van der Waals surface area contributed by atoms with E-state index in [1.807, 2.05) is 0 Å². The Labute approximate surface area is 227 Å². The summed E-state index contributed by atoms with van der Waals surface area (Å²) in [6.45, 7) is 5.00. The molecular formula is C23H44O15Si. The molecule has 0 aromatic heterocycles. The van der Waals surface area contributed by atoms with Crippen molar-refractivity contribution < 1.29 is 74.4 Å². The molecule has 0 aromatic carbocycles. The molecule has 0 saturated carbocycles. The zero-order valence-corrected chi connectivity index (χ0v) is 23.3. The normalized spacial score (nSPS) is 45.8. The molecule has 14 atom stereocenters. The Morgan fingerprint density at radius 1 is 0.641 bits per heavy atom. The second-order valence-corrected chi connectivity index (χ2v) is 17.0. The fraction of sp³-hybridized carbons (Fsp3) is 1.00. The van der Waals surface area contributed by atoms with Crippen LogP contribution in [0.5, 0.6) is 0 Å². The van der Waals surface area contributed by atoms with Crippen LogP contribution < -0.4 is 0 Å². The van der Waals surface area contributed by atoms with Gasteiger partial charge in [0.05, 0.1) is 25.9 Å². The van der Waals surface area contributed by atoms with Crippen LogP contribution in [-0.4, -0.2) is 166 Å². The minimum absolute atomic E-state index is 0.0184. The Morgan fingerprint density at radius 3 is 1.72 bits per heavy atom. The maximum Gasteiger partial charge on any atom is 0.187 e. The molecule has 15 nitrogen and oxygen atoms in total. The number of aliphatic hydroxyl groups is 9. The topological polar surface area (TPSA) is 237 Å². The Kier molecular flexibility index (Phi) is 12.1. The number of aliphatic hydroxyl groups excluding tert-OH is 9. The molecule has 16 heteroatoms. The third-order valence-electron chi connectivity index (χ3n) is 7.09. The molecule has 0 aromatic rings. The van der Waals surface area contributed by atoms with Crippen LogP contribution in [0.1, 0.15) is 6.42 Å². The van der Waals surface area contributed by atoms with E-state index in [2.05, 4.69) is 19.6 Å². The molecule has 3 heterocycles. The predicted octanol–water partition coefficient (Wildman–Crippen LogP) is -4.18. The molecule has 9 N–H and O–H groups in total. The van der Waals surface area contributed by atoms with Crippen molar-refractivity contribution in [3.63, 3.8) is 0 Å². The highest BCUT2D eigenvalue weighted by molar-refractivity contribution is 6.76. The average molecular weight is 589 g/mol. The van der Waals surface area contributed by atoms with Crippen molar-refractivity contribution >= 4 is 8.07 Å². The van der Waals surface area contributed by atoms with Gasteiger partial charge in [-0.05, 0) is 6.04 Å². The first-order chi connectivity index (χ1) is 18.3. The van der Waals surface area contributed by atoms with E-state index in [0.717, 1.165) is 6.04 Å². The third-order valence-corrected chi connectivity index (χ3v) is 8.80. The molecule has 39 heavy (non-hydrogen) atoms. The van der Waals surface area contributed by atoms with Crippen LogP contribution >= 0.6 is 0 Å². The maximum absolute atomic E-state index is 10.8. The zero-order chi connectivity index (χ0) is 29.1. The number of ether oxygens (including phenoxy) is 6. The standard InChI is InChI=1S/C23H44O15Si/c1-39(2,3)5-4-33-14-6-10(27)20(12(8-25)34-14)37-23-19(32)17(30)21(13(9-26)36-23)38-22-18(31)16(29)15(28)11(7-24)35-22/h10-32H,4-9H2,1-3H3/t10-,11-,12-,13-,14-,15+,16+,17-,18-,19-,20+,21+,22-,23+/m1/s1. The van der Waals surface area contributed by atoms with Crippen molar-refractivity contribution in [2.45, 2.75) is 118 Å². The van der Waals surface area contributed by atoms with E-state index in [1.165, 1.54) is 0 Å². The summed E-state index contributed by atoms with van der Waals surface area (Å²) in [5.41, 5.74) is 0. The summed E-state index contributed by atoms with van der Waals surface area (Å²) >= 11 is 0. The summed E-state index contributed by atoms with van der Waals surface area (Å²) in [7, 11) is -1.36. The van der Waals surface area contributed by atoms with E-state index in [1.54, 1.807) is 0 Å². The molecule has 3 fully saturated rings. The van der Waals surface area contributed by atoms with Gasteiger partial charge in [-0.15, -0.1) is 0 Å². The molecule has 0 bridgehead atoms. The summed E-state index contributed by atoms with van der Waals surface area (Å²) in [6.07, 6.45) is -20.3. The maximum atomic E-state index is 10.8. The minimum Gasteiger partial charge on any atom is -0.394 e. The van der Waals surface area contributed by atoms with Crippen LogP contribution in [0.3, 0.4) is 0 Å². The van der Waals surface area contributed by atoms with E-state index >= 15 is 0 Å². The van der Waals surface area contributed by atoms with Gasteiger partial charge < -0.3 is 74.4 Å². The SMILES string of the molecule is C[Si](C)(C)CCO[C@H]1C[C@@H](O)[C@H](O[C@@H]2O[C@H](CO)[C@H](O[C@H]3O[C@H](CO)[C@H](O)[C@H](O)[C@H]3O)[C@H](O)[C@H]2O)[C@@H](CO)O1. The number of hydrogen-bond donors (Lipinski definition) is 9. The molecule has 0 aliphatic carbocycles. The lowest BCUT2D eigenvalue weighted by atomic mass is 9.96. The largest absolute Gasteiger partial charge is 0.394 e. The second-order valence-electron chi connectivity index (χ2n) is 11.4. The van der Waals surface area contributed by atoms with E-state index in [0.29, 0.717) is 6.61 Å². The lowest BCUT2D eigenvalue weighted by Gasteiger charge is -2.47. The molecule has 3 aliphatic rings. The van der Waals surface area contributed by atoms with Gasteiger partial charge in [0.25, 0.3) is 0 Å². The quantitative estimate of drug-likeness (QED) is 0.104. The summed E-state index contributed by atoms with van der Waals surface area (Å²) in [4.78, 5) is 0. The smallest absolute Gasteiger partial charge is 0.187 e. The summed E-state index contributed by atoms with van der Waals surface area (Å²) in [6, 6.07) is 0.877. The van der Waals surface area contributed by atoms with Crippen molar-refractivity contribution in [2.24, 2.45) is 0 Å². The monoisotopic (exact) mass is 588 g/mol. The average Bonchev–Trinajstić information content (AvgIpc) is 2.88. The van der Waals surface area contributed by atoms with E-state index in [4.69, 9.17) is 28.4 Å². The molecule has 3 saturated heterocycles. The van der Waals surface area contributed by atoms with Crippen molar-refractivity contribution in [3.05, 3.63) is 0 Å². The van der Waals surface area contributed by atoms with Gasteiger partial charge in [0.2, 0.25) is 0 Å². The Bertz CT molecular complexity index is 739. The van der Waals surface area contributed by atoms with Gasteiger partial charge in [-0.1, -0.05) is 19.6 Å². The van der Waals surface area contributed by atoms with Crippen LogP contribution in [-0.2, 0) is 28.4 Å². The molecule has 0 radical (unpaired) electrons. The minimum atomic E-state index is -1.79. The Balaban J connectivity index is 1.63. The molecule has 3 aliphatic heterocycles. The van der Waals surface area contributed by atoms with Gasteiger partial charge >= 0.3 is 0 Å². The summed E-state index contributed by atoms with van der Waals surface area (Å²) in [5, 5.41) is 91.5. The van der Waals surface area contributed by atoms with E-state index in [9.17, 15) is 46.0 Å².